The first-order valence-corrected chi connectivity index (χ1v) is 11.9. The summed E-state index contributed by atoms with van der Waals surface area (Å²) in [5.74, 6) is 2.52. The van der Waals surface area contributed by atoms with Gasteiger partial charge in [-0.1, -0.05) is 69.3 Å². The number of likely N-dealkylation sites (N-methyl/N-ethyl adjacent to an activating group) is 1. The number of allylic oxidation sites excluding steroid dienone is 1. The Hall–Kier alpha value is -3.24. The Morgan fingerprint density at radius 1 is 0.788 bits per heavy atom. The van der Waals surface area contributed by atoms with E-state index in [9.17, 15) is 0 Å². The van der Waals surface area contributed by atoms with Gasteiger partial charge >= 0.3 is 0 Å². The number of ether oxygens (including phenoxy) is 3. The zero-order valence-electron chi connectivity index (χ0n) is 19.8. The molecule has 0 N–H and O–H groups in total. The molecule has 3 aromatic rings. The smallest absolute Gasteiger partial charge is 0.231 e. The summed E-state index contributed by atoms with van der Waals surface area (Å²) in [6, 6.07) is 25.3. The van der Waals surface area contributed by atoms with Crippen molar-refractivity contribution >= 4 is 11.1 Å². The molecule has 4 nitrogen and oxygen atoms in total. The van der Waals surface area contributed by atoms with E-state index in [0.717, 1.165) is 48.9 Å². The predicted molar refractivity (Wildman–Crippen MR) is 135 cm³/mol. The van der Waals surface area contributed by atoms with Gasteiger partial charge in [0.15, 0.2) is 11.5 Å². The molecule has 4 rings (SSSR count). The second kappa shape index (κ2) is 11.1. The van der Waals surface area contributed by atoms with Crippen molar-refractivity contribution in [1.29, 1.82) is 0 Å². The fraction of sp³-hybridized carbons (Fsp3) is 0.310. The van der Waals surface area contributed by atoms with Gasteiger partial charge in [0, 0.05) is 6.54 Å². The highest BCUT2D eigenvalue weighted by Gasteiger charge is 2.18. The van der Waals surface area contributed by atoms with Gasteiger partial charge in [-0.2, -0.15) is 0 Å². The number of benzene rings is 3. The van der Waals surface area contributed by atoms with Crippen molar-refractivity contribution < 1.29 is 14.2 Å². The molecule has 1 heterocycles. The zero-order chi connectivity index (χ0) is 23.0. The first-order valence-electron chi connectivity index (χ1n) is 11.9. The molecule has 0 saturated heterocycles. The van der Waals surface area contributed by atoms with Crippen LogP contribution in [0.2, 0.25) is 0 Å². The van der Waals surface area contributed by atoms with E-state index in [4.69, 9.17) is 14.2 Å². The lowest BCUT2D eigenvalue weighted by Gasteiger charge is -2.19. The fourth-order valence-corrected chi connectivity index (χ4v) is 4.28. The average Bonchev–Trinajstić information content (AvgIpc) is 3.34. The maximum absolute atomic E-state index is 6.01. The van der Waals surface area contributed by atoms with Crippen LogP contribution in [0.3, 0.4) is 0 Å². The lowest BCUT2D eigenvalue weighted by Crippen LogP contribution is -2.27. The quantitative estimate of drug-likeness (QED) is 0.335. The van der Waals surface area contributed by atoms with Crippen molar-refractivity contribution in [2.45, 2.75) is 27.2 Å². The number of hydrogen-bond acceptors (Lipinski definition) is 4. The topological polar surface area (TPSA) is 30.9 Å². The molecule has 172 valence electrons. The molecule has 0 aromatic heterocycles. The van der Waals surface area contributed by atoms with Gasteiger partial charge in [-0.05, 0) is 71.6 Å². The van der Waals surface area contributed by atoms with E-state index < -0.39 is 0 Å². The Labute approximate surface area is 197 Å². The SMILES string of the molecule is CC/C(=C(\c1ccccc1)c1ccc(OCCN(CC)CC)cc1)c1ccc2c(c1)OCO2. The van der Waals surface area contributed by atoms with Crippen molar-refractivity contribution in [3.05, 3.63) is 89.5 Å². The van der Waals surface area contributed by atoms with Crippen LogP contribution in [0, 0.1) is 0 Å². The lowest BCUT2D eigenvalue weighted by molar-refractivity contribution is 0.174. The fourth-order valence-electron chi connectivity index (χ4n) is 4.28. The van der Waals surface area contributed by atoms with Crippen LogP contribution in [0.25, 0.3) is 11.1 Å². The molecule has 0 aliphatic carbocycles. The highest BCUT2D eigenvalue weighted by atomic mass is 16.7. The molecule has 3 aromatic carbocycles. The molecule has 0 bridgehead atoms. The maximum Gasteiger partial charge on any atom is 0.231 e. The third-order valence-electron chi connectivity index (χ3n) is 6.15. The molecule has 0 spiro atoms. The van der Waals surface area contributed by atoms with Gasteiger partial charge in [-0.15, -0.1) is 0 Å². The highest BCUT2D eigenvalue weighted by molar-refractivity contribution is 5.98. The Kier molecular flexibility index (Phi) is 7.69. The third kappa shape index (κ3) is 5.40. The van der Waals surface area contributed by atoms with Crippen molar-refractivity contribution in [3.63, 3.8) is 0 Å². The molecule has 1 aliphatic heterocycles. The standard InChI is InChI=1S/C29H33NO3/c1-4-26(24-14-17-27-28(20-24)33-21-32-27)29(22-10-8-7-9-11-22)23-12-15-25(16-13-23)31-19-18-30(5-2)6-3/h7-17,20H,4-6,18-19,21H2,1-3H3/b29-26-. The van der Waals surface area contributed by atoms with E-state index >= 15 is 0 Å². The monoisotopic (exact) mass is 443 g/mol. The molecule has 0 saturated carbocycles. The minimum atomic E-state index is 0.283. The second-order valence-corrected chi connectivity index (χ2v) is 8.04. The van der Waals surface area contributed by atoms with Crippen molar-refractivity contribution in [2.24, 2.45) is 0 Å². The molecule has 0 unspecified atom stereocenters. The van der Waals surface area contributed by atoms with E-state index in [0.29, 0.717) is 6.61 Å². The van der Waals surface area contributed by atoms with Gasteiger partial charge in [0.25, 0.3) is 0 Å². The van der Waals surface area contributed by atoms with Gasteiger partial charge in [0.1, 0.15) is 12.4 Å². The summed E-state index contributed by atoms with van der Waals surface area (Å²) in [7, 11) is 0. The molecular weight excluding hydrogens is 410 g/mol. The van der Waals surface area contributed by atoms with Crippen molar-refractivity contribution in [3.8, 4) is 17.2 Å². The van der Waals surface area contributed by atoms with Crippen LogP contribution in [0.4, 0.5) is 0 Å². The summed E-state index contributed by atoms with van der Waals surface area (Å²) in [5.41, 5.74) is 6.02. The van der Waals surface area contributed by atoms with Crippen LogP contribution in [0.15, 0.2) is 72.8 Å². The Morgan fingerprint density at radius 2 is 1.45 bits per heavy atom. The first kappa shape index (κ1) is 22.9. The van der Waals surface area contributed by atoms with Crippen molar-refractivity contribution in [1.82, 2.24) is 4.90 Å². The molecule has 0 atom stereocenters. The Bertz CT molecular complexity index is 1070. The maximum atomic E-state index is 6.01. The average molecular weight is 444 g/mol. The van der Waals surface area contributed by atoms with E-state index in [2.05, 4.69) is 92.4 Å². The lowest BCUT2D eigenvalue weighted by atomic mass is 9.88. The third-order valence-corrected chi connectivity index (χ3v) is 6.15. The van der Waals surface area contributed by atoms with Crippen LogP contribution in [0.5, 0.6) is 17.2 Å². The summed E-state index contributed by atoms with van der Waals surface area (Å²) >= 11 is 0. The van der Waals surface area contributed by atoms with E-state index in [1.165, 1.54) is 22.3 Å². The van der Waals surface area contributed by atoms with Crippen LogP contribution in [-0.4, -0.2) is 37.9 Å². The van der Waals surface area contributed by atoms with Crippen LogP contribution in [0.1, 0.15) is 43.9 Å². The van der Waals surface area contributed by atoms with Gasteiger partial charge in [0.05, 0.1) is 0 Å². The number of fused-ring (bicyclic) bond motifs is 1. The van der Waals surface area contributed by atoms with Gasteiger partial charge in [-0.3, -0.25) is 0 Å². The van der Waals surface area contributed by atoms with Gasteiger partial charge in [-0.25, -0.2) is 0 Å². The molecule has 4 heteroatoms. The summed E-state index contributed by atoms with van der Waals surface area (Å²) in [6.07, 6.45) is 0.895. The molecular formula is C29H33NO3. The molecule has 0 radical (unpaired) electrons. The minimum Gasteiger partial charge on any atom is -0.492 e. The van der Waals surface area contributed by atoms with Crippen molar-refractivity contribution in [2.75, 3.05) is 33.0 Å². The van der Waals surface area contributed by atoms with Crippen LogP contribution in [-0.2, 0) is 0 Å². The molecule has 0 amide bonds. The summed E-state index contributed by atoms with van der Waals surface area (Å²) in [4.78, 5) is 2.36. The van der Waals surface area contributed by atoms with Crippen LogP contribution >= 0.6 is 0 Å². The normalized spacial score (nSPS) is 13.2. The van der Waals surface area contributed by atoms with E-state index in [1.54, 1.807) is 0 Å². The summed E-state index contributed by atoms with van der Waals surface area (Å²) in [6.45, 7) is 10.6. The molecule has 33 heavy (non-hydrogen) atoms. The minimum absolute atomic E-state index is 0.283. The van der Waals surface area contributed by atoms with Gasteiger partial charge in [0.2, 0.25) is 6.79 Å². The van der Waals surface area contributed by atoms with E-state index in [-0.39, 0.29) is 6.79 Å². The Balaban J connectivity index is 1.66. The highest BCUT2D eigenvalue weighted by Crippen LogP contribution is 2.39. The van der Waals surface area contributed by atoms with Crippen LogP contribution < -0.4 is 14.2 Å². The molecule has 1 aliphatic rings. The summed E-state index contributed by atoms with van der Waals surface area (Å²) < 4.78 is 17.2. The van der Waals surface area contributed by atoms with Gasteiger partial charge < -0.3 is 19.1 Å². The zero-order valence-corrected chi connectivity index (χ0v) is 19.8. The summed E-state index contributed by atoms with van der Waals surface area (Å²) in [5, 5.41) is 0. The van der Waals surface area contributed by atoms with E-state index in [1.807, 2.05) is 6.07 Å². The first-order chi connectivity index (χ1) is 16.2. The number of hydrogen-bond donors (Lipinski definition) is 0. The number of rotatable bonds is 10. The number of nitrogens with zero attached hydrogens (tertiary/aromatic N) is 1. The second-order valence-electron chi connectivity index (χ2n) is 8.04. The Morgan fingerprint density at radius 3 is 2.15 bits per heavy atom. The largest absolute Gasteiger partial charge is 0.492 e. The predicted octanol–water partition coefficient (Wildman–Crippen LogP) is 6.51. The molecule has 0 fully saturated rings.